The molecule has 3 aromatic heterocycles. The van der Waals surface area contributed by atoms with E-state index in [1.807, 2.05) is 66.3 Å². The van der Waals surface area contributed by atoms with Crippen molar-refractivity contribution in [3.8, 4) is 0 Å². The van der Waals surface area contributed by atoms with Crippen molar-refractivity contribution in [3.05, 3.63) is 83.5 Å². The van der Waals surface area contributed by atoms with Crippen molar-refractivity contribution in [3.63, 3.8) is 0 Å². The molecule has 5 nitrogen and oxygen atoms in total. The average molecular weight is 362 g/mol. The number of amides is 1. The number of pyridine rings is 1. The summed E-state index contributed by atoms with van der Waals surface area (Å²) in [5.74, 6) is 0.843. The van der Waals surface area contributed by atoms with E-state index in [4.69, 9.17) is 0 Å². The first-order valence-corrected chi connectivity index (χ1v) is 9.16. The molecule has 4 aromatic rings. The predicted molar refractivity (Wildman–Crippen MR) is 103 cm³/mol. The number of carbonyl (C=O) groups is 1. The summed E-state index contributed by atoms with van der Waals surface area (Å²) >= 11 is 1.52. The van der Waals surface area contributed by atoms with Crippen molar-refractivity contribution in [2.75, 3.05) is 0 Å². The van der Waals surface area contributed by atoms with Gasteiger partial charge < -0.3 is 9.47 Å². The zero-order valence-electron chi connectivity index (χ0n) is 14.4. The van der Waals surface area contributed by atoms with Gasteiger partial charge in [-0.05, 0) is 29.7 Å². The van der Waals surface area contributed by atoms with Gasteiger partial charge in [-0.3, -0.25) is 9.78 Å². The molecular weight excluding hydrogens is 344 g/mol. The van der Waals surface area contributed by atoms with Crippen LogP contribution in [-0.2, 0) is 20.1 Å². The minimum atomic E-state index is -0.000136. The highest BCUT2D eigenvalue weighted by atomic mass is 32.1. The summed E-state index contributed by atoms with van der Waals surface area (Å²) in [6.07, 6.45) is 5.38. The molecule has 0 saturated heterocycles. The number of aromatic nitrogens is 3. The van der Waals surface area contributed by atoms with Gasteiger partial charge in [0.05, 0.1) is 23.7 Å². The van der Waals surface area contributed by atoms with Crippen molar-refractivity contribution < 1.29 is 4.79 Å². The predicted octanol–water partition coefficient (Wildman–Crippen LogP) is 3.87. The summed E-state index contributed by atoms with van der Waals surface area (Å²) in [4.78, 5) is 24.5. The number of thiophene rings is 1. The molecule has 130 valence electrons. The highest BCUT2D eigenvalue weighted by molar-refractivity contribution is 7.20. The standard InChI is InChI=1S/C20H18N4OS/c1-23-11-10-22-19(23)14-24(13-16-7-4-5-9-21-16)20(25)18-12-15-6-2-3-8-17(15)26-18/h2-12H,13-14H2,1H3. The quantitative estimate of drug-likeness (QED) is 0.541. The fraction of sp³-hybridized carbons (Fsp3) is 0.150. The third-order valence-corrected chi connectivity index (χ3v) is 5.36. The fourth-order valence-corrected chi connectivity index (χ4v) is 3.88. The lowest BCUT2D eigenvalue weighted by Crippen LogP contribution is -2.31. The molecule has 4 rings (SSSR count). The second kappa shape index (κ2) is 7.09. The van der Waals surface area contributed by atoms with Gasteiger partial charge in [-0.1, -0.05) is 24.3 Å². The number of aryl methyl sites for hydroxylation is 1. The van der Waals surface area contributed by atoms with Gasteiger partial charge >= 0.3 is 0 Å². The van der Waals surface area contributed by atoms with Crippen LogP contribution in [0.2, 0.25) is 0 Å². The topological polar surface area (TPSA) is 51.0 Å². The van der Waals surface area contributed by atoms with Gasteiger partial charge in [-0.25, -0.2) is 4.98 Å². The van der Waals surface area contributed by atoms with Crippen molar-refractivity contribution in [1.82, 2.24) is 19.4 Å². The van der Waals surface area contributed by atoms with E-state index in [0.717, 1.165) is 26.5 Å². The van der Waals surface area contributed by atoms with Crippen LogP contribution in [-0.4, -0.2) is 25.3 Å². The summed E-state index contributed by atoms with van der Waals surface area (Å²) < 4.78 is 3.05. The zero-order valence-corrected chi connectivity index (χ0v) is 15.2. The van der Waals surface area contributed by atoms with E-state index < -0.39 is 0 Å². The summed E-state index contributed by atoms with van der Waals surface area (Å²) in [5.41, 5.74) is 0.858. The fourth-order valence-electron chi connectivity index (χ4n) is 2.85. The number of fused-ring (bicyclic) bond motifs is 1. The van der Waals surface area contributed by atoms with E-state index in [1.54, 1.807) is 17.3 Å². The van der Waals surface area contributed by atoms with Crippen LogP contribution >= 0.6 is 11.3 Å². The lowest BCUT2D eigenvalue weighted by atomic mass is 10.2. The number of imidazole rings is 1. The number of benzene rings is 1. The van der Waals surface area contributed by atoms with Gasteiger partial charge in [0.2, 0.25) is 0 Å². The first-order valence-electron chi connectivity index (χ1n) is 8.34. The smallest absolute Gasteiger partial charge is 0.264 e. The molecule has 0 N–H and O–H groups in total. The second-order valence-corrected chi connectivity index (χ2v) is 7.17. The maximum atomic E-state index is 13.2. The molecule has 0 aliphatic rings. The number of hydrogen-bond donors (Lipinski definition) is 0. The lowest BCUT2D eigenvalue weighted by molar-refractivity contribution is 0.0727. The monoisotopic (exact) mass is 362 g/mol. The van der Waals surface area contributed by atoms with Crippen molar-refractivity contribution in [2.45, 2.75) is 13.1 Å². The molecule has 0 spiro atoms. The van der Waals surface area contributed by atoms with Gasteiger partial charge in [0.25, 0.3) is 5.91 Å². The van der Waals surface area contributed by atoms with E-state index in [1.165, 1.54) is 11.3 Å². The second-order valence-electron chi connectivity index (χ2n) is 6.09. The first-order chi connectivity index (χ1) is 12.7. The van der Waals surface area contributed by atoms with Crippen LogP contribution in [0.5, 0.6) is 0 Å². The SMILES string of the molecule is Cn1ccnc1CN(Cc1ccccn1)C(=O)c1cc2ccccc2s1. The van der Waals surface area contributed by atoms with Crippen molar-refractivity contribution in [2.24, 2.45) is 7.05 Å². The zero-order chi connectivity index (χ0) is 17.9. The maximum Gasteiger partial charge on any atom is 0.264 e. The first kappa shape index (κ1) is 16.5. The molecule has 0 fully saturated rings. The molecule has 3 heterocycles. The highest BCUT2D eigenvalue weighted by Gasteiger charge is 2.20. The number of nitrogens with zero attached hydrogens (tertiary/aromatic N) is 4. The number of carbonyl (C=O) groups excluding carboxylic acids is 1. The Labute approximate surface area is 155 Å². The van der Waals surface area contributed by atoms with E-state index in [0.29, 0.717) is 13.1 Å². The van der Waals surface area contributed by atoms with Gasteiger partial charge in [-0.15, -0.1) is 11.3 Å². The minimum Gasteiger partial charge on any atom is -0.337 e. The maximum absolute atomic E-state index is 13.2. The van der Waals surface area contributed by atoms with Crippen LogP contribution in [0, 0.1) is 0 Å². The van der Waals surface area contributed by atoms with Crippen LogP contribution < -0.4 is 0 Å². The van der Waals surface area contributed by atoms with Crippen LogP contribution in [0.4, 0.5) is 0 Å². The Morgan fingerprint density at radius 1 is 1.08 bits per heavy atom. The molecule has 1 aromatic carbocycles. The Kier molecular flexibility index (Phi) is 4.50. The minimum absolute atomic E-state index is 0.000136. The van der Waals surface area contributed by atoms with Gasteiger partial charge in [-0.2, -0.15) is 0 Å². The van der Waals surface area contributed by atoms with Crippen LogP contribution in [0.15, 0.2) is 67.1 Å². The van der Waals surface area contributed by atoms with Crippen molar-refractivity contribution >= 4 is 27.3 Å². The van der Waals surface area contributed by atoms with E-state index in [9.17, 15) is 4.79 Å². The molecule has 1 amide bonds. The van der Waals surface area contributed by atoms with Gasteiger partial charge in [0, 0.05) is 30.3 Å². The summed E-state index contributed by atoms with van der Waals surface area (Å²) in [6.45, 7) is 0.883. The Bertz CT molecular complexity index is 1010. The molecule has 0 aliphatic carbocycles. The van der Waals surface area contributed by atoms with Gasteiger partial charge in [0.1, 0.15) is 5.82 Å². The number of hydrogen-bond acceptors (Lipinski definition) is 4. The van der Waals surface area contributed by atoms with Crippen LogP contribution in [0.1, 0.15) is 21.2 Å². The van der Waals surface area contributed by atoms with E-state index in [-0.39, 0.29) is 5.91 Å². The molecule has 0 unspecified atom stereocenters. The summed E-state index contributed by atoms with van der Waals surface area (Å²) in [7, 11) is 1.94. The van der Waals surface area contributed by atoms with Crippen LogP contribution in [0.25, 0.3) is 10.1 Å². The van der Waals surface area contributed by atoms with Crippen molar-refractivity contribution in [1.29, 1.82) is 0 Å². The molecule has 0 radical (unpaired) electrons. The third-order valence-electron chi connectivity index (χ3n) is 4.26. The van der Waals surface area contributed by atoms with Crippen LogP contribution in [0.3, 0.4) is 0 Å². The Morgan fingerprint density at radius 3 is 2.65 bits per heavy atom. The highest BCUT2D eigenvalue weighted by Crippen LogP contribution is 2.27. The molecule has 26 heavy (non-hydrogen) atoms. The van der Waals surface area contributed by atoms with E-state index >= 15 is 0 Å². The van der Waals surface area contributed by atoms with E-state index in [2.05, 4.69) is 9.97 Å². The molecular formula is C20H18N4OS. The largest absolute Gasteiger partial charge is 0.337 e. The summed E-state index contributed by atoms with van der Waals surface area (Å²) in [6, 6.07) is 15.8. The molecule has 6 heteroatoms. The average Bonchev–Trinajstić information content (AvgIpc) is 3.27. The molecule has 0 bridgehead atoms. The number of rotatable bonds is 5. The normalized spacial score (nSPS) is 11.0. The Morgan fingerprint density at radius 2 is 1.92 bits per heavy atom. The Hall–Kier alpha value is -2.99. The van der Waals surface area contributed by atoms with Gasteiger partial charge in [0.15, 0.2) is 0 Å². The summed E-state index contributed by atoms with van der Waals surface area (Å²) in [5, 5.41) is 1.09. The molecule has 0 aliphatic heterocycles. The Balaban J connectivity index is 1.66. The lowest BCUT2D eigenvalue weighted by Gasteiger charge is -2.21. The molecule has 0 saturated carbocycles. The molecule has 0 atom stereocenters. The third kappa shape index (κ3) is 3.36.